The van der Waals surface area contributed by atoms with Crippen LogP contribution < -0.4 is 11.1 Å². The van der Waals surface area contributed by atoms with Gasteiger partial charge in [-0.05, 0) is 41.0 Å². The summed E-state index contributed by atoms with van der Waals surface area (Å²) in [5.74, 6) is -3.09. The van der Waals surface area contributed by atoms with Crippen LogP contribution in [0.4, 0.5) is 8.78 Å². The summed E-state index contributed by atoms with van der Waals surface area (Å²) in [6.07, 6.45) is -0.468. The average Bonchev–Trinajstić information content (AvgIpc) is 2.99. The summed E-state index contributed by atoms with van der Waals surface area (Å²) in [7, 11) is 0. The third-order valence-electron chi connectivity index (χ3n) is 5.84. The van der Waals surface area contributed by atoms with Crippen LogP contribution in [-0.4, -0.2) is 47.0 Å². The second-order valence-corrected chi connectivity index (χ2v) is 9.69. The van der Waals surface area contributed by atoms with E-state index in [9.17, 15) is 23.2 Å². The summed E-state index contributed by atoms with van der Waals surface area (Å²) < 4.78 is 27.5. The Balaban J connectivity index is 1.81. The molecule has 0 spiro atoms. The predicted octanol–water partition coefficient (Wildman–Crippen LogP) is 3.34. The van der Waals surface area contributed by atoms with Crippen LogP contribution in [0.5, 0.6) is 0 Å². The van der Waals surface area contributed by atoms with E-state index in [1.807, 2.05) is 42.5 Å². The Morgan fingerprint density at radius 2 is 1.80 bits per heavy atom. The molecule has 3 amide bonds. The number of hydrogen-bond acceptors (Lipinski definition) is 5. The van der Waals surface area contributed by atoms with Gasteiger partial charge in [-0.25, -0.2) is 8.78 Å². The van der Waals surface area contributed by atoms with Crippen molar-refractivity contribution in [2.45, 2.75) is 30.7 Å². The number of halogens is 2. The summed E-state index contributed by atoms with van der Waals surface area (Å²) >= 11 is 1.46. The molecular formula is C26H25F2N3O3S. The highest BCUT2D eigenvalue weighted by Gasteiger charge is 2.43. The van der Waals surface area contributed by atoms with Gasteiger partial charge < -0.3 is 11.1 Å². The van der Waals surface area contributed by atoms with Gasteiger partial charge in [0, 0.05) is 18.4 Å². The number of benzene rings is 3. The molecule has 4 rings (SSSR count). The summed E-state index contributed by atoms with van der Waals surface area (Å²) in [6, 6.07) is 13.9. The van der Waals surface area contributed by atoms with Crippen LogP contribution in [0.1, 0.15) is 23.3 Å². The minimum Gasteiger partial charge on any atom is -0.353 e. The van der Waals surface area contributed by atoms with Gasteiger partial charge >= 0.3 is 0 Å². The first-order valence-electron chi connectivity index (χ1n) is 11.2. The topological polar surface area (TPSA) is 92.5 Å². The number of carbonyl (C=O) groups excluding carboxylic acids is 3. The first-order valence-corrected chi connectivity index (χ1v) is 12.2. The fourth-order valence-electron chi connectivity index (χ4n) is 4.31. The number of nitrogens with one attached hydrogen (secondary N) is 1. The molecule has 1 aliphatic rings. The van der Waals surface area contributed by atoms with E-state index in [1.165, 1.54) is 18.7 Å². The molecule has 0 aromatic heterocycles. The Morgan fingerprint density at radius 3 is 2.51 bits per heavy atom. The van der Waals surface area contributed by atoms with E-state index in [0.717, 1.165) is 33.4 Å². The van der Waals surface area contributed by atoms with Crippen LogP contribution in [0.25, 0.3) is 10.8 Å². The lowest BCUT2D eigenvalue weighted by molar-refractivity contribution is -0.152. The largest absolute Gasteiger partial charge is 0.353 e. The minimum absolute atomic E-state index is 0.0540. The van der Waals surface area contributed by atoms with Gasteiger partial charge in [-0.1, -0.05) is 42.5 Å². The summed E-state index contributed by atoms with van der Waals surface area (Å²) in [6.45, 7) is 1.80. The molecule has 3 aromatic carbocycles. The standard InChI is InChI=1S/C26H25F2N3O3S/c1-15(29)26(34)31(22(32)13-16-11-18(27)14-19(28)12-16)23-24(35-10-9-30-25(23)33)21-8-4-6-17-5-2-3-7-20(17)21/h2-8,11-12,14-15,23-24H,9-10,13,29H2,1H3,(H,30,33)/t15-,23-,24+/m0/s1. The minimum atomic E-state index is -1.20. The molecule has 6 nitrogen and oxygen atoms in total. The van der Waals surface area contributed by atoms with Crippen LogP contribution in [0.15, 0.2) is 60.7 Å². The van der Waals surface area contributed by atoms with Crippen LogP contribution in [0, 0.1) is 11.6 Å². The second kappa shape index (κ2) is 10.5. The molecule has 0 aliphatic carbocycles. The first-order chi connectivity index (χ1) is 16.8. The van der Waals surface area contributed by atoms with E-state index in [0.29, 0.717) is 18.4 Å². The molecular weight excluding hydrogens is 472 g/mol. The normalized spacial score (nSPS) is 19.0. The number of thioether (sulfide) groups is 1. The summed E-state index contributed by atoms with van der Waals surface area (Å²) in [4.78, 5) is 41.0. The lowest BCUT2D eigenvalue weighted by Crippen LogP contribution is -2.57. The first kappa shape index (κ1) is 24.8. The maximum Gasteiger partial charge on any atom is 0.246 e. The number of carbonyl (C=O) groups is 3. The van der Waals surface area contributed by atoms with Crippen molar-refractivity contribution in [1.29, 1.82) is 0 Å². The number of rotatable bonds is 5. The monoisotopic (exact) mass is 497 g/mol. The SMILES string of the molecule is C[C@H](N)C(=O)N(C(=O)Cc1cc(F)cc(F)c1)[C@@H]1C(=O)NCCS[C@@H]1c1cccc2ccccc12. The zero-order valence-electron chi connectivity index (χ0n) is 19.0. The molecule has 0 bridgehead atoms. The fraction of sp³-hybridized carbons (Fsp3) is 0.269. The maximum atomic E-state index is 13.7. The molecule has 3 aromatic rings. The van der Waals surface area contributed by atoms with E-state index in [4.69, 9.17) is 5.73 Å². The average molecular weight is 498 g/mol. The van der Waals surface area contributed by atoms with Crippen molar-refractivity contribution in [3.05, 3.63) is 83.4 Å². The predicted molar refractivity (Wildman–Crippen MR) is 132 cm³/mol. The molecule has 182 valence electrons. The number of nitrogens with zero attached hydrogens (tertiary/aromatic N) is 1. The molecule has 0 unspecified atom stereocenters. The van der Waals surface area contributed by atoms with Crippen LogP contribution >= 0.6 is 11.8 Å². The lowest BCUT2D eigenvalue weighted by atomic mass is 9.96. The number of hydrogen-bond donors (Lipinski definition) is 2. The highest BCUT2D eigenvalue weighted by atomic mass is 32.2. The Hall–Kier alpha value is -3.30. The number of imide groups is 1. The molecule has 1 saturated heterocycles. The van der Waals surface area contributed by atoms with Gasteiger partial charge in [0.1, 0.15) is 17.7 Å². The third kappa shape index (κ3) is 5.36. The molecule has 1 heterocycles. The van der Waals surface area contributed by atoms with Crippen molar-refractivity contribution in [2.24, 2.45) is 5.73 Å². The van der Waals surface area contributed by atoms with Crippen molar-refractivity contribution in [1.82, 2.24) is 10.2 Å². The highest BCUT2D eigenvalue weighted by Crippen LogP contribution is 2.40. The van der Waals surface area contributed by atoms with Crippen LogP contribution in [0.2, 0.25) is 0 Å². The Morgan fingerprint density at radius 1 is 1.11 bits per heavy atom. The van der Waals surface area contributed by atoms with Gasteiger partial charge in [0.25, 0.3) is 0 Å². The van der Waals surface area contributed by atoms with E-state index in [-0.39, 0.29) is 5.56 Å². The number of fused-ring (bicyclic) bond motifs is 1. The molecule has 3 atom stereocenters. The zero-order chi connectivity index (χ0) is 25.1. The Bertz CT molecular complexity index is 1260. The highest BCUT2D eigenvalue weighted by molar-refractivity contribution is 7.99. The smallest absolute Gasteiger partial charge is 0.246 e. The van der Waals surface area contributed by atoms with Crippen molar-refractivity contribution < 1.29 is 23.2 Å². The van der Waals surface area contributed by atoms with Crippen LogP contribution in [-0.2, 0) is 20.8 Å². The van der Waals surface area contributed by atoms with E-state index < -0.39 is 53.1 Å². The van der Waals surface area contributed by atoms with Gasteiger partial charge in [-0.15, -0.1) is 11.8 Å². The van der Waals surface area contributed by atoms with Gasteiger partial charge in [0.15, 0.2) is 0 Å². The Kier molecular flexibility index (Phi) is 7.47. The summed E-state index contributed by atoms with van der Waals surface area (Å²) in [5, 5.41) is 4.08. The van der Waals surface area contributed by atoms with Crippen LogP contribution in [0.3, 0.4) is 0 Å². The van der Waals surface area contributed by atoms with Gasteiger partial charge in [-0.3, -0.25) is 19.3 Å². The molecule has 9 heteroatoms. The number of amides is 3. The van der Waals surface area contributed by atoms with Crippen molar-refractivity contribution in [3.8, 4) is 0 Å². The van der Waals surface area contributed by atoms with E-state index >= 15 is 0 Å². The van der Waals surface area contributed by atoms with E-state index in [2.05, 4.69) is 5.32 Å². The van der Waals surface area contributed by atoms with E-state index in [1.54, 1.807) is 0 Å². The molecule has 35 heavy (non-hydrogen) atoms. The Labute approximate surface area is 205 Å². The molecule has 1 fully saturated rings. The molecule has 0 saturated carbocycles. The zero-order valence-corrected chi connectivity index (χ0v) is 19.9. The second-order valence-electron chi connectivity index (χ2n) is 8.44. The van der Waals surface area contributed by atoms with Gasteiger partial charge in [0.05, 0.1) is 17.7 Å². The van der Waals surface area contributed by atoms with Gasteiger partial charge in [0.2, 0.25) is 17.7 Å². The lowest BCUT2D eigenvalue weighted by Gasteiger charge is -2.34. The quantitative estimate of drug-likeness (QED) is 0.564. The molecule has 1 aliphatic heterocycles. The van der Waals surface area contributed by atoms with Crippen molar-refractivity contribution in [2.75, 3.05) is 12.3 Å². The van der Waals surface area contributed by atoms with Gasteiger partial charge in [-0.2, -0.15) is 0 Å². The maximum absolute atomic E-state index is 13.7. The third-order valence-corrected chi connectivity index (χ3v) is 7.15. The van der Waals surface area contributed by atoms with Crippen molar-refractivity contribution >= 4 is 40.3 Å². The van der Waals surface area contributed by atoms with Crippen molar-refractivity contribution in [3.63, 3.8) is 0 Å². The fourth-order valence-corrected chi connectivity index (χ4v) is 5.60. The number of nitrogens with two attached hydrogens (primary N) is 1. The molecule has 3 N–H and O–H groups in total. The molecule has 0 radical (unpaired) electrons. The summed E-state index contributed by atoms with van der Waals surface area (Å²) in [5.41, 5.74) is 6.74.